The topological polar surface area (TPSA) is 66.9 Å². The molecule has 7 nitrogen and oxygen atoms in total. The number of rotatable bonds is 7. The fourth-order valence-corrected chi connectivity index (χ4v) is 3.87. The molecule has 0 radical (unpaired) electrons. The number of halogens is 1. The first-order valence-corrected chi connectivity index (χ1v) is 10.8. The summed E-state index contributed by atoms with van der Waals surface area (Å²) >= 11 is 0. The monoisotopic (exact) mass is 450 g/mol. The smallest absolute Gasteiger partial charge is 0.258 e. The van der Waals surface area contributed by atoms with E-state index in [1.807, 2.05) is 24.3 Å². The zero-order valence-corrected chi connectivity index (χ0v) is 18.8. The summed E-state index contributed by atoms with van der Waals surface area (Å²) in [6.07, 6.45) is 1.60. The number of piperazine rings is 1. The minimum absolute atomic E-state index is 0.00497. The lowest BCUT2D eigenvalue weighted by Gasteiger charge is -2.35. The molecule has 0 saturated carbocycles. The molecule has 1 saturated heterocycles. The van der Waals surface area contributed by atoms with Crippen LogP contribution in [0.3, 0.4) is 0 Å². The molecule has 1 aliphatic heterocycles. The molecule has 0 atom stereocenters. The fraction of sp³-hybridized carbons (Fsp3) is 0.280. The van der Waals surface area contributed by atoms with Crippen molar-refractivity contribution < 1.29 is 18.7 Å². The van der Waals surface area contributed by atoms with Crippen molar-refractivity contribution in [3.63, 3.8) is 0 Å². The number of anilines is 2. The van der Waals surface area contributed by atoms with E-state index in [0.717, 1.165) is 55.6 Å². The molecular formula is C25H27FN4O3. The highest BCUT2D eigenvalue weighted by Gasteiger charge is 2.20. The van der Waals surface area contributed by atoms with E-state index >= 15 is 0 Å². The van der Waals surface area contributed by atoms with Gasteiger partial charge in [-0.3, -0.25) is 9.69 Å². The van der Waals surface area contributed by atoms with E-state index in [1.54, 1.807) is 38.6 Å². The highest BCUT2D eigenvalue weighted by Crippen LogP contribution is 2.26. The number of ether oxygens (including phenoxy) is 2. The van der Waals surface area contributed by atoms with E-state index < -0.39 is 11.7 Å². The number of methoxy groups -OCH3 is 2. The Morgan fingerprint density at radius 2 is 1.82 bits per heavy atom. The number of pyridine rings is 1. The Kier molecular flexibility index (Phi) is 7.04. The molecule has 8 heteroatoms. The molecule has 1 fully saturated rings. The summed E-state index contributed by atoms with van der Waals surface area (Å²) in [7, 11) is 3.34. The molecule has 4 rings (SSSR count). The third-order valence-electron chi connectivity index (χ3n) is 5.70. The first kappa shape index (κ1) is 22.5. The Labute approximate surface area is 192 Å². The largest absolute Gasteiger partial charge is 0.497 e. The van der Waals surface area contributed by atoms with Crippen molar-refractivity contribution in [2.75, 3.05) is 50.6 Å². The highest BCUT2D eigenvalue weighted by atomic mass is 19.1. The summed E-state index contributed by atoms with van der Waals surface area (Å²) < 4.78 is 24.6. The number of nitrogens with zero attached hydrogens (tertiary/aromatic N) is 3. The van der Waals surface area contributed by atoms with Crippen LogP contribution >= 0.6 is 0 Å². The Bertz CT molecular complexity index is 1100. The van der Waals surface area contributed by atoms with E-state index in [0.29, 0.717) is 5.69 Å². The van der Waals surface area contributed by atoms with Gasteiger partial charge in [-0.05, 0) is 42.5 Å². The molecule has 0 unspecified atom stereocenters. The lowest BCUT2D eigenvalue weighted by Crippen LogP contribution is -2.46. The third-order valence-corrected chi connectivity index (χ3v) is 5.70. The molecule has 0 aliphatic carbocycles. The van der Waals surface area contributed by atoms with Crippen molar-refractivity contribution in [3.05, 3.63) is 77.7 Å². The van der Waals surface area contributed by atoms with Crippen LogP contribution in [0.1, 0.15) is 15.9 Å². The molecule has 172 valence electrons. The van der Waals surface area contributed by atoms with Gasteiger partial charge in [-0.25, -0.2) is 9.37 Å². The highest BCUT2D eigenvalue weighted by molar-refractivity contribution is 6.04. The minimum Gasteiger partial charge on any atom is -0.497 e. The van der Waals surface area contributed by atoms with Crippen molar-refractivity contribution in [2.24, 2.45) is 0 Å². The van der Waals surface area contributed by atoms with Crippen LogP contribution in [0.15, 0.2) is 60.8 Å². The lowest BCUT2D eigenvalue weighted by molar-refractivity contribution is 0.102. The van der Waals surface area contributed by atoms with Crippen LogP contribution in [-0.4, -0.2) is 56.2 Å². The van der Waals surface area contributed by atoms with Gasteiger partial charge in [-0.1, -0.05) is 12.1 Å². The molecule has 0 spiro atoms. The second-order valence-corrected chi connectivity index (χ2v) is 7.78. The quantitative estimate of drug-likeness (QED) is 0.591. The second kappa shape index (κ2) is 10.3. The zero-order chi connectivity index (χ0) is 23.2. The number of benzene rings is 2. The van der Waals surface area contributed by atoms with Crippen molar-refractivity contribution in [1.29, 1.82) is 0 Å². The summed E-state index contributed by atoms with van der Waals surface area (Å²) in [6.45, 7) is 4.21. The molecule has 1 aliphatic rings. The second-order valence-electron chi connectivity index (χ2n) is 7.78. The Hall–Kier alpha value is -3.65. The predicted molar refractivity (Wildman–Crippen MR) is 126 cm³/mol. The molecule has 3 aromatic rings. The Morgan fingerprint density at radius 1 is 1.03 bits per heavy atom. The van der Waals surface area contributed by atoms with Crippen LogP contribution in [0.25, 0.3) is 0 Å². The van der Waals surface area contributed by atoms with Crippen LogP contribution < -0.4 is 19.7 Å². The SMILES string of the molecule is COc1ccc(OC)c(CN2CCN(c3ccc(NC(=O)c4ccccc4F)cn3)CC2)c1. The Morgan fingerprint density at radius 3 is 2.48 bits per heavy atom. The molecule has 33 heavy (non-hydrogen) atoms. The maximum Gasteiger partial charge on any atom is 0.258 e. The van der Waals surface area contributed by atoms with Crippen molar-refractivity contribution in [2.45, 2.75) is 6.54 Å². The van der Waals surface area contributed by atoms with Crippen LogP contribution in [-0.2, 0) is 6.54 Å². The normalized spacial score (nSPS) is 14.1. The van der Waals surface area contributed by atoms with Crippen molar-refractivity contribution in [1.82, 2.24) is 9.88 Å². The van der Waals surface area contributed by atoms with Crippen LogP contribution in [0.5, 0.6) is 11.5 Å². The van der Waals surface area contributed by atoms with Gasteiger partial charge in [0.05, 0.1) is 31.7 Å². The van der Waals surface area contributed by atoms with Gasteiger partial charge in [-0.15, -0.1) is 0 Å². The summed E-state index contributed by atoms with van der Waals surface area (Å²) in [6, 6.07) is 15.4. The summed E-state index contributed by atoms with van der Waals surface area (Å²) in [5.41, 5.74) is 1.62. The standard InChI is InChI=1S/C25H27FN4O3/c1-32-20-8-9-23(33-2)18(15-20)17-29-11-13-30(14-12-29)24-10-7-19(16-27-24)28-25(31)21-5-3-4-6-22(21)26/h3-10,15-16H,11-14,17H2,1-2H3,(H,28,31). The number of carbonyl (C=O) groups excluding carboxylic acids is 1. The van der Waals surface area contributed by atoms with Gasteiger partial charge in [0.15, 0.2) is 0 Å². The molecule has 0 bridgehead atoms. The minimum atomic E-state index is -0.552. The molecular weight excluding hydrogens is 423 g/mol. The van der Waals surface area contributed by atoms with Crippen LogP contribution in [0.4, 0.5) is 15.9 Å². The third kappa shape index (κ3) is 5.40. The van der Waals surface area contributed by atoms with Gasteiger partial charge in [0.2, 0.25) is 0 Å². The molecule has 1 amide bonds. The number of hydrogen-bond donors (Lipinski definition) is 1. The van der Waals surface area contributed by atoms with Crippen LogP contribution in [0.2, 0.25) is 0 Å². The molecule has 2 aromatic carbocycles. The number of amides is 1. The predicted octanol–water partition coefficient (Wildman–Crippen LogP) is 3.81. The maximum atomic E-state index is 13.8. The Balaban J connectivity index is 1.33. The van der Waals surface area contributed by atoms with Gasteiger partial charge in [0.25, 0.3) is 5.91 Å². The van der Waals surface area contributed by atoms with Gasteiger partial charge < -0.3 is 19.7 Å². The zero-order valence-electron chi connectivity index (χ0n) is 18.8. The van der Waals surface area contributed by atoms with E-state index in [9.17, 15) is 9.18 Å². The van der Waals surface area contributed by atoms with E-state index in [4.69, 9.17) is 9.47 Å². The van der Waals surface area contributed by atoms with Crippen molar-refractivity contribution >= 4 is 17.4 Å². The van der Waals surface area contributed by atoms with Crippen LogP contribution in [0, 0.1) is 5.82 Å². The summed E-state index contributed by atoms with van der Waals surface area (Å²) in [4.78, 5) is 21.4. The van der Waals surface area contributed by atoms with Gasteiger partial charge in [0.1, 0.15) is 23.1 Å². The molecule has 2 heterocycles. The average molecular weight is 451 g/mol. The maximum absolute atomic E-state index is 13.8. The average Bonchev–Trinajstić information content (AvgIpc) is 2.85. The van der Waals surface area contributed by atoms with Gasteiger partial charge in [0, 0.05) is 38.3 Å². The van der Waals surface area contributed by atoms with E-state index in [2.05, 4.69) is 20.1 Å². The fourth-order valence-electron chi connectivity index (χ4n) is 3.87. The summed E-state index contributed by atoms with van der Waals surface area (Å²) in [5.74, 6) is 1.47. The van der Waals surface area contributed by atoms with Gasteiger partial charge >= 0.3 is 0 Å². The number of aromatic nitrogens is 1. The van der Waals surface area contributed by atoms with E-state index in [1.165, 1.54) is 12.1 Å². The number of nitrogens with one attached hydrogen (secondary N) is 1. The molecule has 1 aromatic heterocycles. The van der Waals surface area contributed by atoms with Gasteiger partial charge in [-0.2, -0.15) is 0 Å². The summed E-state index contributed by atoms with van der Waals surface area (Å²) in [5, 5.41) is 2.69. The number of hydrogen-bond acceptors (Lipinski definition) is 6. The lowest BCUT2D eigenvalue weighted by atomic mass is 10.1. The first-order valence-electron chi connectivity index (χ1n) is 10.8. The van der Waals surface area contributed by atoms with Crippen molar-refractivity contribution in [3.8, 4) is 11.5 Å². The number of carbonyl (C=O) groups is 1. The first-order chi connectivity index (χ1) is 16.1. The van der Waals surface area contributed by atoms with E-state index in [-0.39, 0.29) is 5.56 Å². The molecule has 1 N–H and O–H groups in total.